The van der Waals surface area contributed by atoms with Crippen LogP contribution in [0.15, 0.2) is 12.5 Å². The van der Waals surface area contributed by atoms with Crippen LogP contribution in [-0.2, 0) is 11.2 Å². The van der Waals surface area contributed by atoms with E-state index in [9.17, 15) is 9.59 Å². The molecule has 0 saturated heterocycles. The summed E-state index contributed by atoms with van der Waals surface area (Å²) in [6.07, 6.45) is 3.94. The molecule has 5 N–H and O–H groups in total. The minimum absolute atomic E-state index is 0.166. The third-order valence-electron chi connectivity index (χ3n) is 2.47. The molecule has 0 radical (unpaired) electrons. The van der Waals surface area contributed by atoms with Crippen molar-refractivity contribution in [2.45, 2.75) is 18.9 Å². The number of carboxylic acids is 1. The lowest BCUT2D eigenvalue weighted by Crippen LogP contribution is -2.47. The van der Waals surface area contributed by atoms with Gasteiger partial charge in [0.15, 0.2) is 0 Å². The molecule has 0 aromatic carbocycles. The molecule has 0 bridgehead atoms. The molecule has 2 amide bonds. The van der Waals surface area contributed by atoms with Crippen molar-refractivity contribution >= 4 is 12.0 Å². The zero-order valence-electron chi connectivity index (χ0n) is 10.8. The van der Waals surface area contributed by atoms with E-state index < -0.39 is 18.0 Å². The van der Waals surface area contributed by atoms with Crippen molar-refractivity contribution in [3.05, 3.63) is 18.2 Å². The number of hydrogen-bond donors (Lipinski definition) is 5. The lowest BCUT2D eigenvalue weighted by atomic mass is 10.2. The summed E-state index contributed by atoms with van der Waals surface area (Å²) in [6, 6.07) is -1.47. The van der Waals surface area contributed by atoms with E-state index in [4.69, 9.17) is 5.11 Å². The number of aromatic nitrogens is 2. The van der Waals surface area contributed by atoms with Crippen LogP contribution in [0.3, 0.4) is 0 Å². The quantitative estimate of drug-likeness (QED) is 0.400. The number of nitrogens with zero attached hydrogens (tertiary/aromatic N) is 1. The molecule has 0 aliphatic rings. The third kappa shape index (κ3) is 5.87. The van der Waals surface area contributed by atoms with Gasteiger partial charge in [-0.1, -0.05) is 0 Å². The van der Waals surface area contributed by atoms with Gasteiger partial charge in [0.1, 0.15) is 6.04 Å². The molecule has 0 aliphatic heterocycles. The first-order valence-corrected chi connectivity index (χ1v) is 6.02. The van der Waals surface area contributed by atoms with Crippen molar-refractivity contribution in [1.29, 1.82) is 0 Å². The average molecular weight is 269 g/mol. The average Bonchev–Trinajstić information content (AvgIpc) is 2.86. The molecule has 19 heavy (non-hydrogen) atoms. The van der Waals surface area contributed by atoms with Gasteiger partial charge in [-0.3, -0.25) is 0 Å². The van der Waals surface area contributed by atoms with E-state index in [1.807, 2.05) is 7.05 Å². The molecule has 1 aromatic rings. The highest BCUT2D eigenvalue weighted by atomic mass is 16.4. The highest BCUT2D eigenvalue weighted by molar-refractivity contribution is 5.82. The van der Waals surface area contributed by atoms with Gasteiger partial charge in [0, 0.05) is 24.9 Å². The second-order valence-corrected chi connectivity index (χ2v) is 4.03. The number of carbonyl (C=O) groups is 2. The van der Waals surface area contributed by atoms with Gasteiger partial charge in [0.25, 0.3) is 0 Å². The van der Waals surface area contributed by atoms with Crippen LogP contribution in [0.4, 0.5) is 4.79 Å². The Labute approximate surface area is 111 Å². The summed E-state index contributed by atoms with van der Waals surface area (Å²) >= 11 is 0. The molecule has 0 aliphatic carbocycles. The van der Waals surface area contributed by atoms with Gasteiger partial charge in [-0.15, -0.1) is 0 Å². The number of carboxylic acid groups (broad SMARTS) is 1. The van der Waals surface area contributed by atoms with Crippen molar-refractivity contribution in [3.63, 3.8) is 0 Å². The fourth-order valence-corrected chi connectivity index (χ4v) is 1.49. The van der Waals surface area contributed by atoms with Crippen LogP contribution in [0, 0.1) is 0 Å². The largest absolute Gasteiger partial charge is 0.480 e. The van der Waals surface area contributed by atoms with Gasteiger partial charge in [0.05, 0.1) is 6.33 Å². The van der Waals surface area contributed by atoms with Gasteiger partial charge < -0.3 is 26.0 Å². The molecule has 0 saturated carbocycles. The first-order chi connectivity index (χ1) is 9.13. The predicted octanol–water partition coefficient (Wildman–Crippen LogP) is -0.686. The molecular weight excluding hydrogens is 250 g/mol. The Balaban J connectivity index is 2.36. The molecular formula is C11H19N5O3. The number of rotatable bonds is 8. The molecule has 1 atom stereocenters. The highest BCUT2D eigenvalue weighted by Crippen LogP contribution is 1.98. The Morgan fingerprint density at radius 2 is 2.26 bits per heavy atom. The van der Waals surface area contributed by atoms with E-state index in [0.29, 0.717) is 12.2 Å². The van der Waals surface area contributed by atoms with Crippen LogP contribution in [0.2, 0.25) is 0 Å². The number of imidazole rings is 1. The van der Waals surface area contributed by atoms with Crippen LogP contribution in [0.25, 0.3) is 0 Å². The monoisotopic (exact) mass is 269 g/mol. The Morgan fingerprint density at radius 1 is 1.47 bits per heavy atom. The molecule has 8 nitrogen and oxygen atoms in total. The maximum absolute atomic E-state index is 11.5. The molecule has 8 heteroatoms. The van der Waals surface area contributed by atoms with Gasteiger partial charge in [-0.05, 0) is 20.0 Å². The molecule has 1 heterocycles. The Hall–Kier alpha value is -2.09. The van der Waals surface area contributed by atoms with Crippen LogP contribution in [0.1, 0.15) is 12.1 Å². The van der Waals surface area contributed by atoms with Crippen molar-refractivity contribution in [2.75, 3.05) is 20.1 Å². The molecule has 1 unspecified atom stereocenters. The summed E-state index contributed by atoms with van der Waals surface area (Å²) in [5, 5.41) is 17.0. The SMILES string of the molecule is CNCCCNC(=O)NC(Cc1cnc[nH]1)C(=O)O. The maximum Gasteiger partial charge on any atom is 0.326 e. The number of aromatic amines is 1. The van der Waals surface area contributed by atoms with Gasteiger partial charge in [-0.2, -0.15) is 0 Å². The standard InChI is InChI=1S/C11H19N5O3/c1-12-3-2-4-14-11(19)16-9(10(17)18)5-8-6-13-7-15-8/h6-7,9,12H,2-5H2,1H3,(H,13,15)(H,17,18)(H2,14,16,19). The predicted molar refractivity (Wildman–Crippen MR) is 68.8 cm³/mol. The number of nitrogens with one attached hydrogen (secondary N) is 4. The first-order valence-electron chi connectivity index (χ1n) is 6.02. The van der Waals surface area contributed by atoms with Crippen molar-refractivity contribution in [3.8, 4) is 0 Å². The molecule has 1 rings (SSSR count). The van der Waals surface area contributed by atoms with E-state index in [2.05, 4.69) is 25.9 Å². The minimum Gasteiger partial charge on any atom is -0.480 e. The zero-order chi connectivity index (χ0) is 14.1. The first kappa shape index (κ1) is 15.0. The number of urea groups is 1. The van der Waals surface area contributed by atoms with E-state index in [0.717, 1.165) is 13.0 Å². The van der Waals surface area contributed by atoms with E-state index in [1.165, 1.54) is 12.5 Å². The minimum atomic E-state index is -1.08. The second-order valence-electron chi connectivity index (χ2n) is 4.03. The fourth-order valence-electron chi connectivity index (χ4n) is 1.49. The summed E-state index contributed by atoms with van der Waals surface area (Å²) in [5.74, 6) is -1.08. The van der Waals surface area contributed by atoms with E-state index in [1.54, 1.807) is 0 Å². The van der Waals surface area contributed by atoms with Gasteiger partial charge in [0.2, 0.25) is 0 Å². The number of hydrogen-bond acceptors (Lipinski definition) is 4. The number of carbonyl (C=O) groups excluding carboxylic acids is 1. The fraction of sp³-hybridized carbons (Fsp3) is 0.545. The van der Waals surface area contributed by atoms with Crippen LogP contribution < -0.4 is 16.0 Å². The summed E-state index contributed by atoms with van der Waals surface area (Å²) in [4.78, 5) is 29.2. The number of amides is 2. The van der Waals surface area contributed by atoms with Crippen molar-refractivity contribution < 1.29 is 14.7 Å². The topological polar surface area (TPSA) is 119 Å². The molecule has 0 fully saturated rings. The van der Waals surface area contributed by atoms with Crippen LogP contribution >= 0.6 is 0 Å². The Kier molecular flexibility index (Phi) is 6.37. The number of H-pyrrole nitrogens is 1. The molecule has 106 valence electrons. The molecule has 0 spiro atoms. The Bertz CT molecular complexity index is 393. The van der Waals surface area contributed by atoms with Crippen LogP contribution in [0.5, 0.6) is 0 Å². The lowest BCUT2D eigenvalue weighted by Gasteiger charge is -2.14. The van der Waals surface area contributed by atoms with Gasteiger partial charge in [-0.25, -0.2) is 14.6 Å². The van der Waals surface area contributed by atoms with Gasteiger partial charge >= 0.3 is 12.0 Å². The smallest absolute Gasteiger partial charge is 0.326 e. The Morgan fingerprint density at radius 3 is 2.84 bits per heavy atom. The zero-order valence-corrected chi connectivity index (χ0v) is 10.8. The summed E-state index contributed by atoms with van der Waals surface area (Å²) < 4.78 is 0. The second kappa shape index (κ2) is 8.09. The van der Waals surface area contributed by atoms with Crippen LogP contribution in [-0.4, -0.2) is 53.3 Å². The summed E-state index contributed by atoms with van der Waals surface area (Å²) in [5.41, 5.74) is 0.655. The summed E-state index contributed by atoms with van der Waals surface area (Å²) in [7, 11) is 1.82. The lowest BCUT2D eigenvalue weighted by molar-refractivity contribution is -0.139. The highest BCUT2D eigenvalue weighted by Gasteiger charge is 2.20. The molecule has 1 aromatic heterocycles. The maximum atomic E-state index is 11.5. The normalized spacial score (nSPS) is 11.8. The van der Waals surface area contributed by atoms with E-state index in [-0.39, 0.29) is 6.42 Å². The van der Waals surface area contributed by atoms with Crippen molar-refractivity contribution in [2.24, 2.45) is 0 Å². The van der Waals surface area contributed by atoms with Crippen molar-refractivity contribution in [1.82, 2.24) is 25.9 Å². The number of aliphatic carboxylic acids is 1. The van der Waals surface area contributed by atoms with E-state index >= 15 is 0 Å². The summed E-state index contributed by atoms with van der Waals surface area (Å²) in [6.45, 7) is 1.28. The third-order valence-corrected chi connectivity index (χ3v) is 2.47.